The summed E-state index contributed by atoms with van der Waals surface area (Å²) in [5.74, 6) is -1.66. The second-order valence-corrected chi connectivity index (χ2v) is 8.03. The summed E-state index contributed by atoms with van der Waals surface area (Å²) in [6.45, 7) is 2.44. The van der Waals surface area contributed by atoms with Crippen LogP contribution >= 0.6 is 11.3 Å². The number of hydrogen-bond donors (Lipinski definition) is 1. The molecule has 1 N–H and O–H groups in total. The molecule has 11 heteroatoms. The Balaban J connectivity index is 1.65. The third-order valence-electron chi connectivity index (χ3n) is 4.58. The van der Waals surface area contributed by atoms with Gasteiger partial charge >= 0.3 is 12.1 Å². The SMILES string of the molecule is CC(=O)N(c1cccc(C(F)(F)F)c1)c1nc(COC(=O)[C@H](C)NC(=O)c2ccccc2)cs1. The highest BCUT2D eigenvalue weighted by atomic mass is 32.1. The van der Waals surface area contributed by atoms with E-state index in [4.69, 9.17) is 4.74 Å². The molecule has 0 aliphatic heterocycles. The number of alkyl halides is 3. The van der Waals surface area contributed by atoms with E-state index in [1.54, 1.807) is 30.3 Å². The molecule has 0 saturated heterocycles. The zero-order valence-corrected chi connectivity index (χ0v) is 18.9. The van der Waals surface area contributed by atoms with Crippen LogP contribution < -0.4 is 10.2 Å². The standard InChI is InChI=1S/C23H20F3N3O4S/c1-14(27-20(31)16-7-4-3-5-8-16)21(32)33-12-18-13-34-22(28-18)29(15(2)30)19-10-6-9-17(11-19)23(24,25)26/h3-11,13-14H,12H2,1-2H3,(H,27,31)/t14-/m0/s1. The molecule has 7 nitrogen and oxygen atoms in total. The van der Waals surface area contributed by atoms with E-state index < -0.39 is 35.6 Å². The zero-order chi connectivity index (χ0) is 24.9. The van der Waals surface area contributed by atoms with E-state index in [0.717, 1.165) is 28.4 Å². The maximum atomic E-state index is 13.1. The molecule has 0 bridgehead atoms. The predicted molar refractivity (Wildman–Crippen MR) is 120 cm³/mol. The van der Waals surface area contributed by atoms with Crippen molar-refractivity contribution in [2.24, 2.45) is 0 Å². The molecule has 3 rings (SSSR count). The molecule has 0 unspecified atom stereocenters. The average molecular weight is 491 g/mol. The van der Waals surface area contributed by atoms with Gasteiger partial charge in [0, 0.05) is 17.9 Å². The highest BCUT2D eigenvalue weighted by Crippen LogP contribution is 2.35. The molecule has 34 heavy (non-hydrogen) atoms. The number of thiazole rings is 1. The molecule has 2 aromatic carbocycles. The summed E-state index contributed by atoms with van der Waals surface area (Å²) in [6, 6.07) is 11.8. The second-order valence-electron chi connectivity index (χ2n) is 7.19. The predicted octanol–water partition coefficient (Wildman–Crippen LogP) is 4.71. The lowest BCUT2D eigenvalue weighted by molar-refractivity contribution is -0.147. The normalized spacial score (nSPS) is 12.0. The van der Waals surface area contributed by atoms with E-state index in [9.17, 15) is 27.6 Å². The Morgan fingerprint density at radius 2 is 1.82 bits per heavy atom. The van der Waals surface area contributed by atoms with Crippen LogP contribution in [0, 0.1) is 0 Å². The van der Waals surface area contributed by atoms with Crippen molar-refractivity contribution >= 4 is 39.9 Å². The van der Waals surface area contributed by atoms with E-state index in [1.807, 2.05) is 0 Å². The Kier molecular flexibility index (Phi) is 7.67. The maximum Gasteiger partial charge on any atom is 0.416 e. The van der Waals surface area contributed by atoms with Gasteiger partial charge in [-0.05, 0) is 37.3 Å². The topological polar surface area (TPSA) is 88.6 Å². The molecule has 0 aliphatic rings. The molecule has 1 atom stereocenters. The number of amides is 2. The Morgan fingerprint density at radius 3 is 2.47 bits per heavy atom. The van der Waals surface area contributed by atoms with Crippen LogP contribution in [0.25, 0.3) is 0 Å². The number of nitrogens with zero attached hydrogens (tertiary/aromatic N) is 2. The first-order chi connectivity index (χ1) is 16.1. The molecule has 0 radical (unpaired) electrons. The fraction of sp³-hybridized carbons (Fsp3) is 0.217. The summed E-state index contributed by atoms with van der Waals surface area (Å²) in [5, 5.41) is 4.19. The van der Waals surface area contributed by atoms with Gasteiger partial charge in [-0.15, -0.1) is 11.3 Å². The molecule has 3 aromatic rings. The lowest BCUT2D eigenvalue weighted by atomic mass is 10.2. The molecule has 0 aliphatic carbocycles. The molecular weight excluding hydrogens is 471 g/mol. The maximum absolute atomic E-state index is 13.1. The largest absolute Gasteiger partial charge is 0.458 e. The van der Waals surface area contributed by atoms with Crippen molar-refractivity contribution in [3.8, 4) is 0 Å². The van der Waals surface area contributed by atoms with Crippen LogP contribution in [0.4, 0.5) is 24.0 Å². The number of carbonyl (C=O) groups is 3. The monoisotopic (exact) mass is 491 g/mol. The summed E-state index contributed by atoms with van der Waals surface area (Å²) in [4.78, 5) is 41.9. The van der Waals surface area contributed by atoms with E-state index in [2.05, 4.69) is 10.3 Å². The number of hydrogen-bond acceptors (Lipinski definition) is 6. The van der Waals surface area contributed by atoms with E-state index in [1.165, 1.54) is 31.4 Å². The van der Waals surface area contributed by atoms with Crippen LogP contribution in [-0.4, -0.2) is 28.8 Å². The van der Waals surface area contributed by atoms with E-state index >= 15 is 0 Å². The van der Waals surface area contributed by atoms with Gasteiger partial charge in [0.15, 0.2) is 5.13 Å². The number of carbonyl (C=O) groups excluding carboxylic acids is 3. The first-order valence-corrected chi connectivity index (χ1v) is 10.9. The molecule has 0 spiro atoms. The Bertz CT molecular complexity index is 1180. The highest BCUT2D eigenvalue weighted by molar-refractivity contribution is 7.14. The number of halogens is 3. The molecular formula is C23H20F3N3O4S. The quantitative estimate of drug-likeness (QED) is 0.484. The lowest BCUT2D eigenvalue weighted by Gasteiger charge is -2.19. The summed E-state index contributed by atoms with van der Waals surface area (Å²) >= 11 is 1.01. The van der Waals surface area contributed by atoms with Crippen molar-refractivity contribution in [2.45, 2.75) is 32.7 Å². The number of benzene rings is 2. The van der Waals surface area contributed by atoms with Crippen LogP contribution in [0.2, 0.25) is 0 Å². The van der Waals surface area contributed by atoms with Gasteiger partial charge in [0.1, 0.15) is 12.6 Å². The van der Waals surface area contributed by atoms with Crippen molar-refractivity contribution in [2.75, 3.05) is 4.90 Å². The van der Waals surface area contributed by atoms with Crippen molar-refractivity contribution in [3.63, 3.8) is 0 Å². The van der Waals surface area contributed by atoms with Gasteiger partial charge in [0.25, 0.3) is 5.91 Å². The number of anilines is 2. The summed E-state index contributed by atoms with van der Waals surface area (Å²) < 4.78 is 44.4. The third kappa shape index (κ3) is 6.19. The van der Waals surface area contributed by atoms with Crippen LogP contribution in [0.5, 0.6) is 0 Å². The number of nitrogens with one attached hydrogen (secondary N) is 1. The summed E-state index contributed by atoms with van der Waals surface area (Å²) in [5.41, 5.74) is -0.190. The molecule has 1 aromatic heterocycles. The van der Waals surface area contributed by atoms with Gasteiger partial charge in [-0.3, -0.25) is 14.5 Å². The molecule has 178 valence electrons. The van der Waals surface area contributed by atoms with Gasteiger partial charge in [-0.25, -0.2) is 9.78 Å². The van der Waals surface area contributed by atoms with Crippen molar-refractivity contribution in [3.05, 3.63) is 76.8 Å². The Labute approximate surface area is 197 Å². The van der Waals surface area contributed by atoms with Gasteiger partial charge < -0.3 is 10.1 Å². The van der Waals surface area contributed by atoms with Gasteiger partial charge in [0.2, 0.25) is 5.91 Å². The number of rotatable bonds is 7. The number of aromatic nitrogens is 1. The second kappa shape index (κ2) is 10.5. The van der Waals surface area contributed by atoms with Crippen molar-refractivity contribution < 1.29 is 32.3 Å². The van der Waals surface area contributed by atoms with Gasteiger partial charge in [0.05, 0.1) is 16.9 Å². The van der Waals surface area contributed by atoms with Gasteiger partial charge in [-0.1, -0.05) is 24.3 Å². The smallest absolute Gasteiger partial charge is 0.416 e. The Morgan fingerprint density at radius 1 is 1.12 bits per heavy atom. The molecule has 0 saturated carbocycles. The van der Waals surface area contributed by atoms with Crippen LogP contribution in [-0.2, 0) is 27.1 Å². The minimum Gasteiger partial charge on any atom is -0.458 e. The lowest BCUT2D eigenvalue weighted by Crippen LogP contribution is -2.39. The first-order valence-electron chi connectivity index (χ1n) is 10.0. The van der Waals surface area contributed by atoms with Crippen molar-refractivity contribution in [1.82, 2.24) is 10.3 Å². The molecule has 0 fully saturated rings. The van der Waals surface area contributed by atoms with Crippen LogP contribution in [0.1, 0.15) is 35.5 Å². The number of esters is 1. The summed E-state index contributed by atoms with van der Waals surface area (Å²) in [7, 11) is 0. The molecule has 1 heterocycles. The fourth-order valence-corrected chi connectivity index (χ4v) is 3.78. The highest BCUT2D eigenvalue weighted by Gasteiger charge is 2.31. The van der Waals surface area contributed by atoms with Crippen LogP contribution in [0.15, 0.2) is 60.0 Å². The minimum atomic E-state index is -4.56. The van der Waals surface area contributed by atoms with E-state index in [0.29, 0.717) is 11.3 Å². The summed E-state index contributed by atoms with van der Waals surface area (Å²) in [6.07, 6.45) is -4.56. The van der Waals surface area contributed by atoms with Crippen molar-refractivity contribution in [1.29, 1.82) is 0 Å². The minimum absolute atomic E-state index is 0.0115. The Hall–Kier alpha value is -3.73. The average Bonchev–Trinajstić information content (AvgIpc) is 3.25. The first kappa shape index (κ1) is 24.9. The van der Waals surface area contributed by atoms with Crippen LogP contribution in [0.3, 0.4) is 0 Å². The third-order valence-corrected chi connectivity index (χ3v) is 5.45. The number of ether oxygens (including phenoxy) is 1. The van der Waals surface area contributed by atoms with Gasteiger partial charge in [-0.2, -0.15) is 13.2 Å². The van der Waals surface area contributed by atoms with E-state index in [-0.39, 0.29) is 17.4 Å². The molecule has 2 amide bonds. The fourth-order valence-electron chi connectivity index (χ4n) is 2.91. The zero-order valence-electron chi connectivity index (χ0n) is 18.1.